The summed E-state index contributed by atoms with van der Waals surface area (Å²) in [5, 5.41) is 12.5. The molecule has 0 amide bonds. The molecule has 2 unspecified atom stereocenters. The first-order valence-electron chi connectivity index (χ1n) is 4.56. The second kappa shape index (κ2) is 3.55. The third-order valence-electron chi connectivity index (χ3n) is 2.77. The van der Waals surface area contributed by atoms with E-state index in [2.05, 4.69) is 19.2 Å². The first-order valence-corrected chi connectivity index (χ1v) is 4.56. The minimum absolute atomic E-state index is 0.00106. The quantitative estimate of drug-likeness (QED) is 0.630. The second-order valence-electron chi connectivity index (χ2n) is 3.91. The monoisotopic (exact) mass is 157 g/mol. The van der Waals surface area contributed by atoms with Crippen molar-refractivity contribution in [2.45, 2.75) is 38.6 Å². The van der Waals surface area contributed by atoms with Gasteiger partial charge in [-0.3, -0.25) is 0 Å². The van der Waals surface area contributed by atoms with Crippen molar-refractivity contribution in [1.82, 2.24) is 5.32 Å². The van der Waals surface area contributed by atoms with Gasteiger partial charge in [-0.1, -0.05) is 13.3 Å². The van der Waals surface area contributed by atoms with Gasteiger partial charge < -0.3 is 10.4 Å². The number of aliphatic hydroxyl groups is 1. The van der Waals surface area contributed by atoms with Crippen LogP contribution in [0.3, 0.4) is 0 Å². The fraction of sp³-hybridized carbons (Fsp3) is 1.00. The number of piperidine rings is 1. The topological polar surface area (TPSA) is 32.3 Å². The first kappa shape index (κ1) is 9.01. The van der Waals surface area contributed by atoms with Crippen LogP contribution in [0.2, 0.25) is 0 Å². The van der Waals surface area contributed by atoms with Gasteiger partial charge in [-0.25, -0.2) is 0 Å². The van der Waals surface area contributed by atoms with Crippen LogP contribution in [0.5, 0.6) is 0 Å². The summed E-state index contributed by atoms with van der Waals surface area (Å²) in [5.74, 6) is 0.813. The summed E-state index contributed by atoms with van der Waals surface area (Å²) < 4.78 is 0. The van der Waals surface area contributed by atoms with Crippen molar-refractivity contribution >= 4 is 0 Å². The molecule has 1 fully saturated rings. The van der Waals surface area contributed by atoms with E-state index in [1.165, 1.54) is 12.8 Å². The summed E-state index contributed by atoms with van der Waals surface area (Å²) in [6.45, 7) is 5.67. The lowest BCUT2D eigenvalue weighted by molar-refractivity contribution is 0.118. The van der Waals surface area contributed by atoms with Crippen molar-refractivity contribution in [2.24, 2.45) is 5.92 Å². The molecule has 0 bridgehead atoms. The van der Waals surface area contributed by atoms with Crippen LogP contribution in [-0.2, 0) is 0 Å². The lowest BCUT2D eigenvalue weighted by Crippen LogP contribution is -2.51. The number of hydrogen-bond acceptors (Lipinski definition) is 2. The molecule has 2 nitrogen and oxygen atoms in total. The van der Waals surface area contributed by atoms with Gasteiger partial charge in [0.05, 0.1) is 6.61 Å². The molecule has 0 spiro atoms. The Bertz CT molecular complexity index is 127. The highest BCUT2D eigenvalue weighted by Gasteiger charge is 2.29. The minimum Gasteiger partial charge on any atom is -0.394 e. The van der Waals surface area contributed by atoms with Crippen LogP contribution in [0.4, 0.5) is 0 Å². The SMILES string of the molecule is CCC1CCNC(C)(CO)C1. The van der Waals surface area contributed by atoms with E-state index in [1.54, 1.807) is 0 Å². The van der Waals surface area contributed by atoms with Gasteiger partial charge in [0.1, 0.15) is 0 Å². The van der Waals surface area contributed by atoms with Crippen LogP contribution < -0.4 is 5.32 Å². The van der Waals surface area contributed by atoms with Gasteiger partial charge in [0, 0.05) is 5.54 Å². The Balaban J connectivity index is 2.44. The van der Waals surface area contributed by atoms with Crippen LogP contribution in [0.15, 0.2) is 0 Å². The molecule has 2 N–H and O–H groups in total. The normalized spacial score (nSPS) is 39.0. The van der Waals surface area contributed by atoms with E-state index >= 15 is 0 Å². The molecule has 1 aliphatic rings. The Kier molecular flexibility index (Phi) is 2.90. The van der Waals surface area contributed by atoms with Gasteiger partial charge in [-0.15, -0.1) is 0 Å². The number of aliphatic hydroxyl groups excluding tert-OH is 1. The van der Waals surface area contributed by atoms with Crippen molar-refractivity contribution in [1.29, 1.82) is 0 Å². The van der Waals surface area contributed by atoms with Crippen molar-refractivity contribution in [3.05, 3.63) is 0 Å². The molecule has 66 valence electrons. The molecule has 2 heteroatoms. The maximum atomic E-state index is 9.10. The van der Waals surface area contributed by atoms with Gasteiger partial charge in [0.25, 0.3) is 0 Å². The highest BCUT2D eigenvalue weighted by Crippen LogP contribution is 2.25. The van der Waals surface area contributed by atoms with Crippen LogP contribution >= 0.6 is 0 Å². The van der Waals surface area contributed by atoms with E-state index in [4.69, 9.17) is 5.11 Å². The Morgan fingerprint density at radius 2 is 2.36 bits per heavy atom. The molecule has 0 radical (unpaired) electrons. The molecular weight excluding hydrogens is 138 g/mol. The molecular formula is C9H19NO. The Morgan fingerprint density at radius 3 is 2.91 bits per heavy atom. The zero-order valence-electron chi connectivity index (χ0n) is 7.56. The van der Waals surface area contributed by atoms with E-state index in [0.717, 1.165) is 18.9 Å². The molecule has 1 heterocycles. The highest BCUT2D eigenvalue weighted by molar-refractivity contribution is 4.88. The Labute approximate surface area is 69.0 Å². The summed E-state index contributed by atoms with van der Waals surface area (Å²) >= 11 is 0. The van der Waals surface area contributed by atoms with Crippen molar-refractivity contribution in [2.75, 3.05) is 13.2 Å². The van der Waals surface area contributed by atoms with E-state index in [0.29, 0.717) is 0 Å². The van der Waals surface area contributed by atoms with Gasteiger partial charge >= 0.3 is 0 Å². The van der Waals surface area contributed by atoms with Crippen molar-refractivity contribution in [3.8, 4) is 0 Å². The molecule has 2 atom stereocenters. The average Bonchev–Trinajstić information content (AvgIpc) is 2.05. The van der Waals surface area contributed by atoms with E-state index in [-0.39, 0.29) is 12.1 Å². The summed E-state index contributed by atoms with van der Waals surface area (Å²) in [7, 11) is 0. The smallest absolute Gasteiger partial charge is 0.0610 e. The second-order valence-corrected chi connectivity index (χ2v) is 3.91. The molecule has 0 aromatic carbocycles. The summed E-state index contributed by atoms with van der Waals surface area (Å²) in [6.07, 6.45) is 3.64. The van der Waals surface area contributed by atoms with E-state index < -0.39 is 0 Å². The largest absolute Gasteiger partial charge is 0.394 e. The van der Waals surface area contributed by atoms with Crippen molar-refractivity contribution < 1.29 is 5.11 Å². The predicted octanol–water partition coefficient (Wildman–Crippen LogP) is 1.15. The van der Waals surface area contributed by atoms with Crippen LogP contribution in [0, 0.1) is 5.92 Å². The fourth-order valence-corrected chi connectivity index (χ4v) is 1.86. The zero-order chi connectivity index (χ0) is 8.32. The van der Waals surface area contributed by atoms with E-state index in [9.17, 15) is 0 Å². The molecule has 0 aromatic heterocycles. The van der Waals surface area contributed by atoms with Gasteiger partial charge in [-0.05, 0) is 32.2 Å². The van der Waals surface area contributed by atoms with Gasteiger partial charge in [-0.2, -0.15) is 0 Å². The molecule has 0 aliphatic carbocycles. The molecule has 1 rings (SSSR count). The molecule has 11 heavy (non-hydrogen) atoms. The average molecular weight is 157 g/mol. The molecule has 1 aliphatic heterocycles. The first-order chi connectivity index (χ1) is 5.20. The lowest BCUT2D eigenvalue weighted by atomic mass is 9.82. The Morgan fingerprint density at radius 1 is 1.64 bits per heavy atom. The van der Waals surface area contributed by atoms with Crippen LogP contribution in [0.25, 0.3) is 0 Å². The molecule has 0 saturated carbocycles. The number of hydrogen-bond donors (Lipinski definition) is 2. The maximum Gasteiger partial charge on any atom is 0.0610 e. The van der Waals surface area contributed by atoms with Crippen LogP contribution in [-0.4, -0.2) is 23.8 Å². The summed E-state index contributed by atoms with van der Waals surface area (Å²) in [5.41, 5.74) is -0.00106. The zero-order valence-corrected chi connectivity index (χ0v) is 7.56. The third-order valence-corrected chi connectivity index (χ3v) is 2.77. The van der Waals surface area contributed by atoms with Crippen LogP contribution in [0.1, 0.15) is 33.1 Å². The van der Waals surface area contributed by atoms with E-state index in [1.807, 2.05) is 0 Å². The number of nitrogens with one attached hydrogen (secondary N) is 1. The molecule has 1 saturated heterocycles. The van der Waals surface area contributed by atoms with Gasteiger partial charge in [0.15, 0.2) is 0 Å². The summed E-state index contributed by atoms with van der Waals surface area (Å²) in [4.78, 5) is 0. The lowest BCUT2D eigenvalue weighted by Gasteiger charge is -2.37. The number of rotatable bonds is 2. The highest BCUT2D eigenvalue weighted by atomic mass is 16.3. The predicted molar refractivity (Wildman–Crippen MR) is 46.5 cm³/mol. The Hall–Kier alpha value is -0.0800. The third kappa shape index (κ3) is 2.17. The molecule has 0 aromatic rings. The van der Waals surface area contributed by atoms with Gasteiger partial charge in [0.2, 0.25) is 0 Å². The summed E-state index contributed by atoms with van der Waals surface area (Å²) in [6, 6.07) is 0. The maximum absolute atomic E-state index is 9.10. The minimum atomic E-state index is -0.00106. The standard InChI is InChI=1S/C9H19NO/c1-3-8-4-5-10-9(2,6-8)7-11/h8,10-11H,3-7H2,1-2H3. The van der Waals surface area contributed by atoms with Crippen molar-refractivity contribution in [3.63, 3.8) is 0 Å². The fourth-order valence-electron chi connectivity index (χ4n) is 1.86.